The molecular weight excluding hydrogens is 516 g/mol. The number of nitrogens with one attached hydrogen (secondary N) is 2. The van der Waals surface area contributed by atoms with Crippen LogP contribution in [0.25, 0.3) is 11.3 Å². The van der Waals surface area contributed by atoms with Crippen molar-refractivity contribution in [2.75, 3.05) is 19.0 Å². The lowest BCUT2D eigenvalue weighted by Gasteiger charge is -2.26. The Labute approximate surface area is 230 Å². The summed E-state index contributed by atoms with van der Waals surface area (Å²) in [6.07, 6.45) is 1.88. The maximum Gasteiger partial charge on any atom is 0.335 e. The van der Waals surface area contributed by atoms with Crippen LogP contribution >= 0.6 is 12.2 Å². The van der Waals surface area contributed by atoms with E-state index in [1.165, 1.54) is 6.07 Å². The minimum absolute atomic E-state index is 0.166. The van der Waals surface area contributed by atoms with Gasteiger partial charge in [0.15, 0.2) is 5.11 Å². The summed E-state index contributed by atoms with van der Waals surface area (Å²) in [5.41, 5.74) is 2.18. The number of hydrogen-bond acceptors (Lipinski definition) is 6. The quantitative estimate of drug-likeness (QED) is 0.250. The first kappa shape index (κ1) is 25.9. The van der Waals surface area contributed by atoms with Crippen LogP contribution in [0.2, 0.25) is 0 Å². The summed E-state index contributed by atoms with van der Waals surface area (Å²) >= 11 is 5.69. The molecule has 4 aromatic rings. The summed E-state index contributed by atoms with van der Waals surface area (Å²) in [5.74, 6) is 0.514. The summed E-state index contributed by atoms with van der Waals surface area (Å²) in [6.45, 7) is 0.325. The zero-order valence-electron chi connectivity index (χ0n) is 21.0. The zero-order chi connectivity index (χ0) is 27.4. The van der Waals surface area contributed by atoms with Crippen molar-refractivity contribution in [3.63, 3.8) is 0 Å². The van der Waals surface area contributed by atoms with Gasteiger partial charge in [-0.15, -0.1) is 0 Å². The smallest absolute Gasteiger partial charge is 0.335 e. The fourth-order valence-corrected chi connectivity index (χ4v) is 4.94. The zero-order valence-corrected chi connectivity index (χ0v) is 21.9. The number of hydrogen-bond donors (Lipinski definition) is 3. The van der Waals surface area contributed by atoms with E-state index in [-0.39, 0.29) is 30.0 Å². The van der Waals surface area contributed by atoms with Crippen molar-refractivity contribution in [3.8, 4) is 17.1 Å². The topological polar surface area (TPSA) is 117 Å². The van der Waals surface area contributed by atoms with E-state index in [0.717, 1.165) is 5.69 Å². The van der Waals surface area contributed by atoms with Crippen molar-refractivity contribution >= 4 is 34.9 Å². The number of carbonyl (C=O) groups excluding carboxylic acids is 1. The van der Waals surface area contributed by atoms with Gasteiger partial charge in [0.1, 0.15) is 23.3 Å². The third-order valence-corrected chi connectivity index (χ3v) is 6.82. The van der Waals surface area contributed by atoms with E-state index < -0.39 is 5.97 Å². The van der Waals surface area contributed by atoms with E-state index in [0.29, 0.717) is 40.2 Å². The number of nitrogens with zero attached hydrogens (tertiary/aromatic N) is 2. The number of pyridine rings is 1. The number of carboxylic acids is 1. The van der Waals surface area contributed by atoms with E-state index in [1.807, 2.05) is 41.3 Å². The lowest BCUT2D eigenvalue weighted by molar-refractivity contribution is -0.116. The van der Waals surface area contributed by atoms with Gasteiger partial charge in [0.05, 0.1) is 30.1 Å². The molecule has 0 saturated carbocycles. The van der Waals surface area contributed by atoms with E-state index in [9.17, 15) is 14.7 Å². The second kappa shape index (κ2) is 11.4. The molecule has 2 atom stereocenters. The number of aromatic nitrogens is 1. The number of aromatic carboxylic acids is 1. The van der Waals surface area contributed by atoms with Crippen molar-refractivity contribution in [1.29, 1.82) is 0 Å². The molecule has 1 aliphatic heterocycles. The molecule has 5 rings (SSSR count). The Bertz CT molecular complexity index is 1510. The lowest BCUT2D eigenvalue weighted by Crippen LogP contribution is -2.32. The van der Waals surface area contributed by atoms with Gasteiger partial charge in [0.25, 0.3) is 0 Å². The van der Waals surface area contributed by atoms with E-state index in [1.54, 1.807) is 49.7 Å². The summed E-state index contributed by atoms with van der Waals surface area (Å²) in [4.78, 5) is 30.8. The van der Waals surface area contributed by atoms with Crippen LogP contribution in [0.1, 0.15) is 40.3 Å². The molecule has 0 radical (unpaired) electrons. The van der Waals surface area contributed by atoms with Gasteiger partial charge in [0.2, 0.25) is 5.91 Å². The highest BCUT2D eigenvalue weighted by atomic mass is 32.1. The molecule has 1 aliphatic rings. The van der Waals surface area contributed by atoms with Gasteiger partial charge in [-0.05, 0) is 60.7 Å². The van der Waals surface area contributed by atoms with E-state index in [4.69, 9.17) is 21.4 Å². The molecule has 0 bridgehead atoms. The molecule has 10 heteroatoms. The first-order valence-corrected chi connectivity index (χ1v) is 12.7. The number of carbonyl (C=O) groups is 2. The molecule has 1 saturated heterocycles. The second-order valence-corrected chi connectivity index (χ2v) is 9.29. The summed E-state index contributed by atoms with van der Waals surface area (Å²) in [6, 6.07) is 22.4. The third-order valence-electron chi connectivity index (χ3n) is 6.47. The van der Waals surface area contributed by atoms with Crippen LogP contribution in [0.15, 0.2) is 89.5 Å². The normalized spacial score (nSPS) is 16.5. The van der Waals surface area contributed by atoms with Gasteiger partial charge in [0, 0.05) is 24.7 Å². The number of amides is 1. The van der Waals surface area contributed by atoms with Crippen LogP contribution in [0.4, 0.5) is 5.69 Å². The largest absolute Gasteiger partial charge is 0.495 e. The molecule has 198 valence electrons. The molecule has 3 N–H and O–H groups in total. The average molecular weight is 543 g/mol. The van der Waals surface area contributed by atoms with Gasteiger partial charge in [-0.25, -0.2) is 4.79 Å². The molecule has 2 aromatic heterocycles. The number of carboxylic acid groups (broad SMARTS) is 1. The van der Waals surface area contributed by atoms with Crippen LogP contribution in [0, 0.1) is 0 Å². The highest BCUT2D eigenvalue weighted by Gasteiger charge is 2.41. The van der Waals surface area contributed by atoms with Crippen molar-refractivity contribution < 1.29 is 23.8 Å². The highest BCUT2D eigenvalue weighted by molar-refractivity contribution is 7.80. The van der Waals surface area contributed by atoms with E-state index in [2.05, 4.69) is 15.6 Å². The standard InChI is InChI=1S/C29H26N4O5S/c1-37-23-11-3-2-9-20(23)31-25(34)14-16-33-27(26(32-29(33)39)21-10-4-5-15-30-21)24-13-12-22(38-24)18-7-6-8-19(17-18)28(35)36/h2-13,15,17,26-27H,14,16H2,1H3,(H,31,34)(H,32,39)(H,35,36). The molecule has 1 fully saturated rings. The number of methoxy groups -OCH3 is 1. The van der Waals surface area contributed by atoms with Crippen molar-refractivity contribution in [2.45, 2.75) is 18.5 Å². The first-order valence-electron chi connectivity index (χ1n) is 12.3. The Hall–Kier alpha value is -4.70. The Kier molecular flexibility index (Phi) is 7.55. The van der Waals surface area contributed by atoms with Crippen LogP contribution in [0.3, 0.4) is 0 Å². The van der Waals surface area contributed by atoms with Crippen molar-refractivity contribution in [2.24, 2.45) is 0 Å². The molecule has 2 aromatic carbocycles. The van der Waals surface area contributed by atoms with Gasteiger partial charge in [-0.2, -0.15) is 0 Å². The Morgan fingerprint density at radius 3 is 2.69 bits per heavy atom. The van der Waals surface area contributed by atoms with Crippen LogP contribution < -0.4 is 15.4 Å². The van der Waals surface area contributed by atoms with Crippen molar-refractivity contribution in [3.05, 3.63) is 102 Å². The molecular formula is C29H26N4O5S. The lowest BCUT2D eigenvalue weighted by atomic mass is 10.0. The van der Waals surface area contributed by atoms with Gasteiger partial charge >= 0.3 is 5.97 Å². The molecule has 9 nitrogen and oxygen atoms in total. The number of thiocarbonyl (C=S) groups is 1. The van der Waals surface area contributed by atoms with Gasteiger partial charge < -0.3 is 29.8 Å². The first-order chi connectivity index (χ1) is 18.9. The number of para-hydroxylation sites is 2. The fraction of sp³-hybridized carbons (Fsp3) is 0.172. The molecule has 39 heavy (non-hydrogen) atoms. The van der Waals surface area contributed by atoms with E-state index >= 15 is 0 Å². The minimum atomic E-state index is -1.01. The molecule has 0 aliphatic carbocycles. The predicted molar refractivity (Wildman–Crippen MR) is 150 cm³/mol. The molecule has 1 amide bonds. The number of rotatable bonds is 9. The molecule has 0 spiro atoms. The monoisotopic (exact) mass is 542 g/mol. The van der Waals surface area contributed by atoms with Crippen LogP contribution in [-0.2, 0) is 4.79 Å². The Balaban J connectivity index is 1.41. The summed E-state index contributed by atoms with van der Waals surface area (Å²) in [7, 11) is 1.55. The Morgan fingerprint density at radius 1 is 1.10 bits per heavy atom. The summed E-state index contributed by atoms with van der Waals surface area (Å²) in [5, 5.41) is 16.1. The van der Waals surface area contributed by atoms with Gasteiger partial charge in [-0.1, -0.05) is 30.3 Å². The maximum absolute atomic E-state index is 12.9. The Morgan fingerprint density at radius 2 is 1.92 bits per heavy atom. The average Bonchev–Trinajstić information content (AvgIpc) is 3.57. The summed E-state index contributed by atoms with van der Waals surface area (Å²) < 4.78 is 11.6. The molecule has 3 heterocycles. The fourth-order valence-electron chi connectivity index (χ4n) is 4.61. The number of benzene rings is 2. The number of ether oxygens (including phenoxy) is 1. The highest BCUT2D eigenvalue weighted by Crippen LogP contribution is 2.40. The second-order valence-electron chi connectivity index (χ2n) is 8.91. The number of anilines is 1. The number of furan rings is 1. The molecule has 2 unspecified atom stereocenters. The van der Waals surface area contributed by atoms with Crippen LogP contribution in [0.5, 0.6) is 5.75 Å². The third kappa shape index (κ3) is 5.60. The van der Waals surface area contributed by atoms with Crippen molar-refractivity contribution in [1.82, 2.24) is 15.2 Å². The minimum Gasteiger partial charge on any atom is -0.495 e. The SMILES string of the molecule is COc1ccccc1NC(=O)CCN1C(=S)NC(c2ccccn2)C1c1ccc(-c2cccc(C(=O)O)c2)o1. The van der Waals surface area contributed by atoms with Crippen LogP contribution in [-0.4, -0.2) is 45.6 Å². The predicted octanol–water partition coefficient (Wildman–Crippen LogP) is 5.05. The van der Waals surface area contributed by atoms with Gasteiger partial charge in [-0.3, -0.25) is 9.78 Å². The maximum atomic E-state index is 12.9.